The Morgan fingerprint density at radius 2 is 1.65 bits per heavy atom. The predicted molar refractivity (Wildman–Crippen MR) is 123 cm³/mol. The summed E-state index contributed by atoms with van der Waals surface area (Å²) in [6.07, 6.45) is 9.31. The molecule has 0 saturated heterocycles. The Kier molecular flexibility index (Phi) is 10.7. The van der Waals surface area contributed by atoms with Gasteiger partial charge in [0.15, 0.2) is 0 Å². The molecule has 0 atom stereocenters. The van der Waals surface area contributed by atoms with E-state index in [1.54, 1.807) is 32.9 Å². The van der Waals surface area contributed by atoms with Crippen LogP contribution in [0, 0.1) is 6.92 Å². The summed E-state index contributed by atoms with van der Waals surface area (Å²) in [6.45, 7) is 8.71. The maximum Gasteiger partial charge on any atom is 0.424 e. The Morgan fingerprint density at radius 3 is 2.23 bits per heavy atom. The summed E-state index contributed by atoms with van der Waals surface area (Å²) >= 11 is 0. The second-order valence-electron chi connectivity index (χ2n) is 8.36. The molecule has 0 spiro atoms. The lowest BCUT2D eigenvalue weighted by atomic mass is 10.1. The molecule has 0 aliphatic heterocycles. The van der Waals surface area contributed by atoms with Crippen molar-refractivity contribution >= 4 is 21.9 Å². The second kappa shape index (κ2) is 12.4. The number of unbranched alkanes of at least 4 members (excludes halogenated alkanes) is 1. The molecule has 0 bridgehead atoms. The van der Waals surface area contributed by atoms with Crippen LogP contribution < -0.4 is 0 Å². The molecule has 6 nitrogen and oxygen atoms in total. The van der Waals surface area contributed by atoms with Crippen molar-refractivity contribution in [1.29, 1.82) is 0 Å². The van der Waals surface area contributed by atoms with E-state index in [2.05, 4.69) is 0 Å². The Bertz CT molecular complexity index is 878. The van der Waals surface area contributed by atoms with Gasteiger partial charge in [0.25, 0.3) is 10.0 Å². The van der Waals surface area contributed by atoms with Crippen LogP contribution in [0.15, 0.2) is 53.5 Å². The number of rotatable bonds is 11. The summed E-state index contributed by atoms with van der Waals surface area (Å²) in [5.74, 6) is 0.0521. The number of hydrogen-bond donors (Lipinski definition) is 0. The summed E-state index contributed by atoms with van der Waals surface area (Å²) in [5.41, 5.74) is 0.0722. The Hall–Kier alpha value is -2.41. The van der Waals surface area contributed by atoms with Gasteiger partial charge in [0.2, 0.25) is 0 Å². The lowest BCUT2D eigenvalue weighted by molar-refractivity contribution is -0.119. The average Bonchev–Trinajstić information content (AvgIpc) is 2.66. The number of benzene rings is 1. The number of ether oxygens (including phenoxy) is 1. The third kappa shape index (κ3) is 9.96. The zero-order chi connectivity index (χ0) is 23.5. The van der Waals surface area contributed by atoms with Crippen LogP contribution in [0.3, 0.4) is 0 Å². The summed E-state index contributed by atoms with van der Waals surface area (Å²) < 4.78 is 32.2. The molecule has 172 valence electrons. The van der Waals surface area contributed by atoms with Gasteiger partial charge in [0.05, 0.1) is 4.90 Å². The van der Waals surface area contributed by atoms with E-state index in [0.29, 0.717) is 6.42 Å². The molecule has 1 amide bonds. The SMILES string of the molecule is C/C=C/C=C/CCCC(=O)CCCN(C(=O)OC(C)(C)C)S(=O)(=O)c1ccc(C)cc1. The van der Waals surface area contributed by atoms with Gasteiger partial charge in [-0.05, 0) is 66.0 Å². The first-order chi connectivity index (χ1) is 14.5. The highest BCUT2D eigenvalue weighted by molar-refractivity contribution is 7.89. The van der Waals surface area contributed by atoms with Crippen molar-refractivity contribution in [3.05, 3.63) is 54.1 Å². The van der Waals surface area contributed by atoms with Crippen LogP contribution in [0.1, 0.15) is 65.4 Å². The van der Waals surface area contributed by atoms with Crippen molar-refractivity contribution in [2.24, 2.45) is 0 Å². The van der Waals surface area contributed by atoms with E-state index in [4.69, 9.17) is 4.74 Å². The van der Waals surface area contributed by atoms with Crippen LogP contribution in [0.5, 0.6) is 0 Å². The van der Waals surface area contributed by atoms with Crippen molar-refractivity contribution in [2.45, 2.75) is 77.2 Å². The minimum absolute atomic E-state index is 0.0169. The molecule has 1 aromatic rings. The number of amides is 1. The molecule has 7 heteroatoms. The average molecular weight is 450 g/mol. The van der Waals surface area contributed by atoms with E-state index in [0.717, 1.165) is 22.7 Å². The molecule has 0 radical (unpaired) electrons. The topological polar surface area (TPSA) is 80.8 Å². The molecule has 1 aromatic carbocycles. The fraction of sp³-hybridized carbons (Fsp3) is 0.500. The predicted octanol–water partition coefficient (Wildman–Crippen LogP) is 5.57. The van der Waals surface area contributed by atoms with Gasteiger partial charge in [0, 0.05) is 19.4 Å². The molecule has 0 N–H and O–H groups in total. The third-order valence-corrected chi connectivity index (χ3v) is 6.07. The number of ketones is 1. The van der Waals surface area contributed by atoms with Crippen LogP contribution in [-0.2, 0) is 19.6 Å². The summed E-state index contributed by atoms with van der Waals surface area (Å²) in [7, 11) is -4.09. The van der Waals surface area contributed by atoms with Crippen molar-refractivity contribution in [3.8, 4) is 0 Å². The highest BCUT2D eigenvalue weighted by Gasteiger charge is 2.32. The van der Waals surface area contributed by atoms with Crippen molar-refractivity contribution in [2.75, 3.05) is 6.54 Å². The van der Waals surface area contributed by atoms with Crippen LogP contribution in [0.4, 0.5) is 4.79 Å². The highest BCUT2D eigenvalue weighted by atomic mass is 32.2. The van der Waals surface area contributed by atoms with Crippen molar-refractivity contribution in [3.63, 3.8) is 0 Å². The molecule has 0 aliphatic carbocycles. The van der Waals surface area contributed by atoms with E-state index >= 15 is 0 Å². The van der Waals surface area contributed by atoms with E-state index in [1.165, 1.54) is 12.1 Å². The maximum atomic E-state index is 13.1. The highest BCUT2D eigenvalue weighted by Crippen LogP contribution is 2.20. The molecular formula is C24H35NO5S. The molecule has 0 heterocycles. The first-order valence-corrected chi connectivity index (χ1v) is 12.0. The van der Waals surface area contributed by atoms with E-state index in [-0.39, 0.29) is 30.1 Å². The minimum Gasteiger partial charge on any atom is -0.443 e. The van der Waals surface area contributed by atoms with Gasteiger partial charge in [-0.3, -0.25) is 4.79 Å². The smallest absolute Gasteiger partial charge is 0.424 e. The second-order valence-corrected chi connectivity index (χ2v) is 10.2. The number of hydrogen-bond acceptors (Lipinski definition) is 5. The number of carbonyl (C=O) groups is 2. The van der Waals surface area contributed by atoms with Crippen molar-refractivity contribution in [1.82, 2.24) is 4.31 Å². The summed E-state index contributed by atoms with van der Waals surface area (Å²) in [5, 5.41) is 0. The fourth-order valence-electron chi connectivity index (χ4n) is 2.71. The van der Waals surface area contributed by atoms with Crippen LogP contribution >= 0.6 is 0 Å². The van der Waals surface area contributed by atoms with Gasteiger partial charge >= 0.3 is 6.09 Å². The lowest BCUT2D eigenvalue weighted by Gasteiger charge is -2.27. The van der Waals surface area contributed by atoms with Gasteiger partial charge < -0.3 is 4.74 Å². The summed E-state index contributed by atoms with van der Waals surface area (Å²) in [6, 6.07) is 6.28. The number of allylic oxidation sites excluding steroid dienone is 4. The molecule has 1 rings (SSSR count). The van der Waals surface area contributed by atoms with Gasteiger partial charge in [-0.25, -0.2) is 17.5 Å². The number of Topliss-reactive ketones (excluding diaryl/α,β-unsaturated/α-hetero) is 1. The van der Waals surface area contributed by atoms with E-state index in [1.807, 2.05) is 38.2 Å². The molecule has 0 saturated carbocycles. The van der Waals surface area contributed by atoms with Gasteiger partial charge in [-0.2, -0.15) is 0 Å². The molecule has 0 unspecified atom stereocenters. The Balaban J connectivity index is 2.79. The zero-order valence-electron chi connectivity index (χ0n) is 19.3. The molecule has 0 fully saturated rings. The molecule has 0 aliphatic rings. The molecule has 31 heavy (non-hydrogen) atoms. The maximum absolute atomic E-state index is 13.1. The van der Waals surface area contributed by atoms with Crippen LogP contribution in [-0.4, -0.2) is 36.7 Å². The van der Waals surface area contributed by atoms with E-state index in [9.17, 15) is 18.0 Å². The normalized spacial score (nSPS) is 12.4. The Labute approximate surface area is 187 Å². The van der Waals surface area contributed by atoms with Crippen molar-refractivity contribution < 1.29 is 22.7 Å². The largest absolute Gasteiger partial charge is 0.443 e. The fourth-order valence-corrected chi connectivity index (χ4v) is 4.05. The zero-order valence-corrected chi connectivity index (χ0v) is 20.1. The van der Waals surface area contributed by atoms with Crippen LogP contribution in [0.25, 0.3) is 0 Å². The standard InChI is InChI=1S/C24H35NO5S/c1-6-7-8-9-10-11-13-21(26)14-12-19-25(23(27)30-24(3,4)5)31(28,29)22-17-15-20(2)16-18-22/h6-9,15-18H,10-14,19H2,1-5H3/b7-6+,9-8+. The molecule has 0 aromatic heterocycles. The first-order valence-electron chi connectivity index (χ1n) is 10.6. The number of nitrogens with zero attached hydrogens (tertiary/aromatic N) is 1. The molecular weight excluding hydrogens is 414 g/mol. The number of carbonyl (C=O) groups excluding carboxylic acids is 2. The monoisotopic (exact) mass is 449 g/mol. The van der Waals surface area contributed by atoms with Gasteiger partial charge in [0.1, 0.15) is 11.4 Å². The van der Waals surface area contributed by atoms with Gasteiger partial charge in [-0.15, -0.1) is 0 Å². The lowest BCUT2D eigenvalue weighted by Crippen LogP contribution is -2.41. The minimum atomic E-state index is -4.09. The number of aryl methyl sites for hydroxylation is 1. The van der Waals surface area contributed by atoms with Gasteiger partial charge in [-0.1, -0.05) is 42.0 Å². The number of sulfonamides is 1. The summed E-state index contributed by atoms with van der Waals surface area (Å²) in [4.78, 5) is 24.8. The van der Waals surface area contributed by atoms with E-state index < -0.39 is 21.7 Å². The quantitative estimate of drug-likeness (QED) is 0.326. The third-order valence-electron chi connectivity index (χ3n) is 4.29. The van der Waals surface area contributed by atoms with Crippen LogP contribution in [0.2, 0.25) is 0 Å². The Morgan fingerprint density at radius 1 is 1.03 bits per heavy atom. The first kappa shape index (κ1) is 26.6.